The summed E-state index contributed by atoms with van der Waals surface area (Å²) in [7, 11) is 0. The molecule has 2 aromatic rings. The number of amides is 1. The number of likely N-dealkylation sites (tertiary alicyclic amines) is 1. The Morgan fingerprint density at radius 3 is 2.67 bits per heavy atom. The molecule has 1 atom stereocenters. The Balaban J connectivity index is 1.85. The van der Waals surface area contributed by atoms with Crippen LogP contribution in [0.4, 0.5) is 0 Å². The van der Waals surface area contributed by atoms with Gasteiger partial charge in [0.1, 0.15) is 16.3 Å². The van der Waals surface area contributed by atoms with Crippen molar-refractivity contribution in [3.05, 3.63) is 33.1 Å². The van der Waals surface area contributed by atoms with Gasteiger partial charge in [-0.3, -0.25) is 4.79 Å². The maximum Gasteiger partial charge on any atom is 0.266 e. The van der Waals surface area contributed by atoms with E-state index in [1.807, 2.05) is 17.9 Å². The molecule has 3 rings (SSSR count). The minimum atomic E-state index is 0.0118. The minimum Gasteiger partial charge on any atom is -0.361 e. The van der Waals surface area contributed by atoms with E-state index in [-0.39, 0.29) is 11.9 Å². The van der Waals surface area contributed by atoms with E-state index in [1.54, 1.807) is 0 Å². The van der Waals surface area contributed by atoms with E-state index in [1.165, 1.54) is 11.3 Å². The van der Waals surface area contributed by atoms with Gasteiger partial charge in [-0.15, -0.1) is 11.3 Å². The molecule has 1 aliphatic heterocycles. The van der Waals surface area contributed by atoms with Crippen molar-refractivity contribution in [3.63, 3.8) is 0 Å². The number of rotatable bonds is 4. The lowest BCUT2D eigenvalue weighted by molar-refractivity contribution is 0.0734. The molecular formula is C18H25N3O2S. The van der Waals surface area contributed by atoms with Crippen molar-refractivity contribution >= 4 is 17.2 Å². The van der Waals surface area contributed by atoms with Gasteiger partial charge < -0.3 is 9.42 Å². The van der Waals surface area contributed by atoms with Crippen molar-refractivity contribution in [1.29, 1.82) is 0 Å². The number of carbonyl (C=O) groups excluding carboxylic acids is 1. The summed E-state index contributed by atoms with van der Waals surface area (Å²) in [5.41, 5.74) is 1.71. The van der Waals surface area contributed by atoms with E-state index < -0.39 is 0 Å². The van der Waals surface area contributed by atoms with Crippen molar-refractivity contribution in [2.75, 3.05) is 6.54 Å². The van der Waals surface area contributed by atoms with Crippen LogP contribution in [0.5, 0.6) is 0 Å². The van der Waals surface area contributed by atoms with Crippen molar-refractivity contribution in [1.82, 2.24) is 15.0 Å². The van der Waals surface area contributed by atoms with Gasteiger partial charge in [0.05, 0.1) is 16.7 Å². The molecule has 0 aliphatic carbocycles. The second-order valence-electron chi connectivity index (χ2n) is 7.09. The highest BCUT2D eigenvalue weighted by Crippen LogP contribution is 2.35. The van der Waals surface area contributed by atoms with Gasteiger partial charge in [-0.1, -0.05) is 32.9 Å². The standard InChI is InChI=1S/C18H25N3O2S/c1-10(2)15-9-13(20-23-15)14-7-6-8-21(14)18(22)16-12(5)19-17(24-16)11(3)4/h9-11,14H,6-8H2,1-5H3. The minimum absolute atomic E-state index is 0.0118. The van der Waals surface area contributed by atoms with Crippen LogP contribution in [0.3, 0.4) is 0 Å². The predicted octanol–water partition coefficient (Wildman–Crippen LogP) is 4.66. The third-order valence-electron chi connectivity index (χ3n) is 4.47. The molecule has 1 unspecified atom stereocenters. The summed E-state index contributed by atoms with van der Waals surface area (Å²) < 4.78 is 5.43. The largest absolute Gasteiger partial charge is 0.361 e. The predicted molar refractivity (Wildman–Crippen MR) is 94.5 cm³/mol. The number of hydrogen-bond acceptors (Lipinski definition) is 5. The van der Waals surface area contributed by atoms with Crippen LogP contribution < -0.4 is 0 Å². The van der Waals surface area contributed by atoms with Crippen LogP contribution in [0, 0.1) is 6.92 Å². The summed E-state index contributed by atoms with van der Waals surface area (Å²) in [6.07, 6.45) is 1.93. The summed E-state index contributed by atoms with van der Waals surface area (Å²) in [6, 6.07) is 2.01. The fourth-order valence-electron chi connectivity index (χ4n) is 3.04. The summed E-state index contributed by atoms with van der Waals surface area (Å²) in [5, 5.41) is 5.24. The number of aromatic nitrogens is 2. The fraction of sp³-hybridized carbons (Fsp3) is 0.611. The number of nitrogens with zero attached hydrogens (tertiary/aromatic N) is 3. The lowest BCUT2D eigenvalue weighted by atomic mass is 10.1. The summed E-state index contributed by atoms with van der Waals surface area (Å²) in [5.74, 6) is 1.59. The molecule has 1 saturated heterocycles. The molecule has 5 nitrogen and oxygen atoms in total. The summed E-state index contributed by atoms with van der Waals surface area (Å²) in [6.45, 7) is 11.1. The average Bonchev–Trinajstić information content (AvgIpc) is 3.24. The first-order valence-electron chi connectivity index (χ1n) is 8.63. The smallest absolute Gasteiger partial charge is 0.266 e. The quantitative estimate of drug-likeness (QED) is 0.807. The molecule has 0 aromatic carbocycles. The molecule has 0 spiro atoms. The lowest BCUT2D eigenvalue weighted by Gasteiger charge is -2.22. The van der Waals surface area contributed by atoms with Gasteiger partial charge in [-0.05, 0) is 19.8 Å². The average molecular weight is 347 g/mol. The molecule has 3 heterocycles. The van der Waals surface area contributed by atoms with Crippen LogP contribution in [-0.4, -0.2) is 27.5 Å². The number of aryl methyl sites for hydroxylation is 1. The molecule has 1 aliphatic rings. The first-order valence-corrected chi connectivity index (χ1v) is 9.45. The highest BCUT2D eigenvalue weighted by Gasteiger charge is 2.34. The molecule has 130 valence electrons. The van der Waals surface area contributed by atoms with Gasteiger partial charge in [0.2, 0.25) is 0 Å². The van der Waals surface area contributed by atoms with Crippen LogP contribution in [0.25, 0.3) is 0 Å². The van der Waals surface area contributed by atoms with E-state index in [9.17, 15) is 4.79 Å². The summed E-state index contributed by atoms with van der Waals surface area (Å²) in [4.78, 5) is 20.3. The molecule has 1 fully saturated rings. The topological polar surface area (TPSA) is 59.2 Å². The molecule has 0 N–H and O–H groups in total. The monoisotopic (exact) mass is 347 g/mol. The second kappa shape index (κ2) is 6.67. The molecule has 0 saturated carbocycles. The number of carbonyl (C=O) groups is 1. The highest BCUT2D eigenvalue weighted by atomic mass is 32.1. The van der Waals surface area contributed by atoms with E-state index >= 15 is 0 Å². The number of hydrogen-bond donors (Lipinski definition) is 0. The Kier molecular flexibility index (Phi) is 4.76. The Morgan fingerprint density at radius 2 is 2.08 bits per heavy atom. The van der Waals surface area contributed by atoms with Crippen LogP contribution >= 0.6 is 11.3 Å². The van der Waals surface area contributed by atoms with E-state index in [2.05, 4.69) is 37.8 Å². The van der Waals surface area contributed by atoms with Crippen molar-refractivity contribution < 1.29 is 9.32 Å². The molecule has 2 aromatic heterocycles. The maximum atomic E-state index is 13.1. The van der Waals surface area contributed by atoms with Crippen LogP contribution in [0.2, 0.25) is 0 Å². The third kappa shape index (κ3) is 3.11. The normalized spacial score (nSPS) is 18.1. The molecule has 0 radical (unpaired) electrons. The molecular weight excluding hydrogens is 322 g/mol. The second-order valence-corrected chi connectivity index (χ2v) is 8.12. The Bertz CT molecular complexity index is 732. The van der Waals surface area contributed by atoms with Crippen molar-refractivity contribution in [2.24, 2.45) is 0 Å². The van der Waals surface area contributed by atoms with Crippen molar-refractivity contribution in [3.8, 4) is 0 Å². The van der Waals surface area contributed by atoms with E-state index in [4.69, 9.17) is 4.52 Å². The Morgan fingerprint density at radius 1 is 1.33 bits per heavy atom. The number of thiazole rings is 1. The van der Waals surface area contributed by atoms with Gasteiger partial charge in [-0.25, -0.2) is 4.98 Å². The molecule has 0 bridgehead atoms. The van der Waals surface area contributed by atoms with Crippen LogP contribution in [-0.2, 0) is 0 Å². The van der Waals surface area contributed by atoms with Gasteiger partial charge in [0, 0.05) is 24.4 Å². The molecule has 24 heavy (non-hydrogen) atoms. The first-order chi connectivity index (χ1) is 11.4. The fourth-order valence-corrected chi connectivity index (χ4v) is 4.07. The molecule has 1 amide bonds. The van der Waals surface area contributed by atoms with E-state index in [0.717, 1.165) is 46.4 Å². The zero-order chi connectivity index (χ0) is 17.4. The lowest BCUT2D eigenvalue weighted by Crippen LogP contribution is -2.30. The SMILES string of the molecule is Cc1nc(C(C)C)sc1C(=O)N1CCCC1c1cc(C(C)C)on1. The Hall–Kier alpha value is -1.69. The zero-order valence-corrected chi connectivity index (χ0v) is 15.8. The van der Waals surface area contributed by atoms with Gasteiger partial charge in [-0.2, -0.15) is 0 Å². The van der Waals surface area contributed by atoms with Crippen molar-refractivity contribution in [2.45, 2.75) is 65.3 Å². The third-order valence-corrected chi connectivity index (χ3v) is 5.92. The highest BCUT2D eigenvalue weighted by molar-refractivity contribution is 7.13. The molecule has 6 heteroatoms. The van der Waals surface area contributed by atoms with Gasteiger partial charge in [0.15, 0.2) is 0 Å². The zero-order valence-electron chi connectivity index (χ0n) is 15.0. The summed E-state index contributed by atoms with van der Waals surface area (Å²) >= 11 is 1.52. The van der Waals surface area contributed by atoms with Crippen LogP contribution in [0.1, 0.15) is 90.2 Å². The Labute approximate surface area is 147 Å². The van der Waals surface area contributed by atoms with Gasteiger partial charge >= 0.3 is 0 Å². The van der Waals surface area contributed by atoms with E-state index in [0.29, 0.717) is 11.8 Å². The maximum absolute atomic E-state index is 13.1. The first kappa shape index (κ1) is 17.1. The van der Waals surface area contributed by atoms with Gasteiger partial charge in [0.25, 0.3) is 5.91 Å². The van der Waals surface area contributed by atoms with Crippen LogP contribution in [0.15, 0.2) is 10.6 Å².